The van der Waals surface area contributed by atoms with Crippen LogP contribution < -0.4 is 48.3 Å². The van der Waals surface area contributed by atoms with Crippen LogP contribution in [-0.2, 0) is 72.0 Å². The van der Waals surface area contributed by atoms with Crippen molar-refractivity contribution < 1.29 is 63.0 Å². The number of nitrogens with two attached hydrogens (primary N) is 1. The van der Waals surface area contributed by atoms with Crippen molar-refractivity contribution in [1.29, 1.82) is 0 Å². The Morgan fingerprint density at radius 2 is 0.902 bits per heavy atom. The molecule has 0 saturated heterocycles. The van der Waals surface area contributed by atoms with Crippen LogP contribution in [0.25, 0.3) is 32.7 Å². The topological polar surface area (TPSA) is 398 Å². The van der Waals surface area contributed by atoms with Crippen molar-refractivity contribution in [3.05, 3.63) is 108 Å². The SMILES string of the molecule is CC[C@H](C)[C@H](NC(=O)[C@H](Cc1c[nH]c2ccccc12)NC(=O)CNC(=O)[C@@H](NC(=O)[C@H](Cc1c[nH]c2ccccc12)NC(=O)[C@H](CC(=O)O)NC(=O)[C@H](CCC(=O)O)NC(=O)[C@H](Cc1c[nH]c2ccccc12)NC(C)=O)C(C)C)C(N)=O. The van der Waals surface area contributed by atoms with Crippen LogP contribution in [0.1, 0.15) is 77.0 Å². The average molecular weight is 1130 g/mol. The van der Waals surface area contributed by atoms with Crippen molar-refractivity contribution in [2.24, 2.45) is 17.6 Å². The maximum absolute atomic E-state index is 14.5. The number of primary amides is 1. The van der Waals surface area contributed by atoms with Crippen LogP contribution in [0.4, 0.5) is 0 Å². The van der Waals surface area contributed by atoms with Gasteiger partial charge in [-0.15, -0.1) is 0 Å². The van der Waals surface area contributed by atoms with Crippen molar-refractivity contribution in [1.82, 2.24) is 57.5 Å². The second-order valence-corrected chi connectivity index (χ2v) is 20.5. The Hall–Kier alpha value is -9.55. The van der Waals surface area contributed by atoms with Crippen LogP contribution in [-0.4, -0.2) is 139 Å². The van der Waals surface area contributed by atoms with Gasteiger partial charge in [-0.05, 0) is 53.1 Å². The fraction of sp³-hybridized carbons (Fsp3) is 0.386. The van der Waals surface area contributed by atoms with E-state index in [2.05, 4.69) is 57.5 Å². The Balaban J connectivity index is 1.19. The van der Waals surface area contributed by atoms with E-state index in [1.165, 1.54) is 6.92 Å². The third kappa shape index (κ3) is 16.7. The molecule has 9 amide bonds. The molecule has 0 saturated carbocycles. The predicted molar refractivity (Wildman–Crippen MR) is 301 cm³/mol. The highest BCUT2D eigenvalue weighted by Gasteiger charge is 2.36. The van der Waals surface area contributed by atoms with Gasteiger partial charge in [0.2, 0.25) is 53.2 Å². The number of rotatable bonds is 30. The first-order chi connectivity index (χ1) is 39.0. The second kappa shape index (κ2) is 28.5. The molecule has 0 aliphatic rings. The van der Waals surface area contributed by atoms with E-state index < -0.39 is 139 Å². The summed E-state index contributed by atoms with van der Waals surface area (Å²) >= 11 is 0. The number of aromatic nitrogens is 3. The average Bonchev–Trinajstić information content (AvgIpc) is 4.18. The van der Waals surface area contributed by atoms with Crippen LogP contribution in [0, 0.1) is 11.8 Å². The van der Waals surface area contributed by atoms with Crippen LogP contribution >= 0.6 is 0 Å². The third-order valence-electron chi connectivity index (χ3n) is 14.1. The van der Waals surface area contributed by atoms with Crippen molar-refractivity contribution in [2.75, 3.05) is 6.54 Å². The molecule has 436 valence electrons. The van der Waals surface area contributed by atoms with Gasteiger partial charge in [0.05, 0.1) is 13.0 Å². The lowest BCUT2D eigenvalue weighted by Gasteiger charge is -2.27. The van der Waals surface area contributed by atoms with E-state index in [9.17, 15) is 63.0 Å². The summed E-state index contributed by atoms with van der Waals surface area (Å²) in [5.41, 5.74) is 9.65. The number of H-pyrrole nitrogens is 3. The fourth-order valence-electron chi connectivity index (χ4n) is 9.47. The number of aliphatic carboxylic acids is 2. The van der Waals surface area contributed by atoms with E-state index in [1.54, 1.807) is 87.9 Å². The fourth-order valence-corrected chi connectivity index (χ4v) is 9.47. The van der Waals surface area contributed by atoms with E-state index in [4.69, 9.17) is 5.73 Å². The first-order valence-electron chi connectivity index (χ1n) is 26.8. The highest BCUT2D eigenvalue weighted by atomic mass is 16.4. The zero-order chi connectivity index (χ0) is 59.8. The molecule has 3 heterocycles. The minimum atomic E-state index is -1.94. The lowest BCUT2D eigenvalue weighted by Crippen LogP contribution is -2.60. The van der Waals surface area contributed by atoms with Crippen molar-refractivity contribution >= 4 is 97.8 Å². The van der Waals surface area contributed by atoms with Gasteiger partial charge in [-0.1, -0.05) is 88.7 Å². The van der Waals surface area contributed by atoms with Gasteiger partial charge in [0.25, 0.3) is 0 Å². The summed E-state index contributed by atoms with van der Waals surface area (Å²) in [6, 6.07) is 11.4. The van der Waals surface area contributed by atoms with Crippen LogP contribution in [0.2, 0.25) is 0 Å². The summed E-state index contributed by atoms with van der Waals surface area (Å²) in [5, 5.41) is 42.1. The maximum Gasteiger partial charge on any atom is 0.305 e. The molecule has 0 aliphatic heterocycles. The lowest BCUT2D eigenvalue weighted by atomic mass is 9.97. The van der Waals surface area contributed by atoms with Gasteiger partial charge in [-0.3, -0.25) is 52.7 Å². The number of carboxylic acid groups (broad SMARTS) is 2. The molecule has 0 spiro atoms. The number of aromatic amines is 3. The van der Waals surface area contributed by atoms with Crippen molar-refractivity contribution in [2.45, 2.75) is 122 Å². The van der Waals surface area contributed by atoms with Gasteiger partial charge in [0.1, 0.15) is 42.3 Å². The van der Waals surface area contributed by atoms with Gasteiger partial charge >= 0.3 is 11.9 Å². The van der Waals surface area contributed by atoms with E-state index in [1.807, 2.05) is 31.2 Å². The number of carboxylic acids is 2. The number of fused-ring (bicyclic) bond motifs is 3. The van der Waals surface area contributed by atoms with Crippen molar-refractivity contribution in [3.63, 3.8) is 0 Å². The molecule has 3 aromatic heterocycles. The Labute approximate surface area is 470 Å². The Morgan fingerprint density at radius 3 is 1.34 bits per heavy atom. The molecular formula is C57H70N12O13. The summed E-state index contributed by atoms with van der Waals surface area (Å²) in [5.74, 6) is -11.8. The highest BCUT2D eigenvalue weighted by molar-refractivity contribution is 5.99. The molecule has 0 radical (unpaired) electrons. The van der Waals surface area contributed by atoms with Gasteiger partial charge in [0, 0.05) is 83.9 Å². The molecule has 6 aromatic rings. The number of carbonyl (C=O) groups is 11. The minimum absolute atomic E-state index is 0.0257. The number of benzene rings is 3. The first kappa shape index (κ1) is 61.7. The van der Waals surface area contributed by atoms with Gasteiger partial charge < -0.3 is 73.4 Å². The number of para-hydroxylation sites is 3. The number of carbonyl (C=O) groups excluding carboxylic acids is 9. The summed E-state index contributed by atoms with van der Waals surface area (Å²) in [7, 11) is 0. The van der Waals surface area contributed by atoms with E-state index in [0.717, 1.165) is 21.8 Å². The van der Waals surface area contributed by atoms with E-state index in [-0.39, 0.29) is 25.2 Å². The van der Waals surface area contributed by atoms with E-state index >= 15 is 0 Å². The molecular weight excluding hydrogens is 1060 g/mol. The molecule has 8 atom stereocenters. The summed E-state index contributed by atoms with van der Waals surface area (Å²) < 4.78 is 0. The normalized spacial score (nSPS) is 14.2. The molecule has 0 aliphatic carbocycles. The molecule has 25 heteroatoms. The van der Waals surface area contributed by atoms with E-state index in [0.29, 0.717) is 34.0 Å². The maximum atomic E-state index is 14.5. The largest absolute Gasteiger partial charge is 0.481 e. The Bertz CT molecular complexity index is 3330. The predicted octanol–water partition coefficient (Wildman–Crippen LogP) is 1.22. The molecule has 0 bridgehead atoms. The number of hydrogen-bond acceptors (Lipinski definition) is 11. The number of nitrogens with one attached hydrogen (secondary N) is 11. The van der Waals surface area contributed by atoms with Crippen LogP contribution in [0.15, 0.2) is 91.4 Å². The number of amides is 9. The van der Waals surface area contributed by atoms with Crippen LogP contribution in [0.5, 0.6) is 0 Å². The van der Waals surface area contributed by atoms with Crippen LogP contribution in [0.3, 0.4) is 0 Å². The highest BCUT2D eigenvalue weighted by Crippen LogP contribution is 2.23. The lowest BCUT2D eigenvalue weighted by molar-refractivity contribution is -0.141. The smallest absolute Gasteiger partial charge is 0.305 e. The van der Waals surface area contributed by atoms with Gasteiger partial charge in [-0.25, -0.2) is 0 Å². The second-order valence-electron chi connectivity index (χ2n) is 20.5. The zero-order valence-electron chi connectivity index (χ0n) is 46.0. The molecule has 82 heavy (non-hydrogen) atoms. The zero-order valence-corrected chi connectivity index (χ0v) is 46.0. The molecule has 0 fully saturated rings. The molecule has 25 nitrogen and oxygen atoms in total. The monoisotopic (exact) mass is 1130 g/mol. The van der Waals surface area contributed by atoms with Gasteiger partial charge in [0.15, 0.2) is 0 Å². The first-order valence-corrected chi connectivity index (χ1v) is 26.8. The van der Waals surface area contributed by atoms with Crippen molar-refractivity contribution in [3.8, 4) is 0 Å². The number of hydrogen-bond donors (Lipinski definition) is 14. The minimum Gasteiger partial charge on any atom is -0.481 e. The molecule has 15 N–H and O–H groups in total. The quantitative estimate of drug-likeness (QED) is 0.0302. The standard InChI is InChI=1S/C57H70N12O13/c1-6-30(4)50(51(58)76)69-55(80)43(22-33-26-60-39-17-11-8-14-36(33)39)64-46(71)28-62-57(82)49(29(2)3)68-56(81)44(23-34-27-61-40-18-12-9-15-37(34)40)66-54(79)45(24-48(74)75)67-52(77)41(19-20-47(72)73)65-53(78)42(63-31(5)70)21-32-25-59-38-16-10-7-13-35(32)38/h7-18,25-27,29-30,41-45,49-50,59-61H,6,19-24,28H2,1-5H3,(H2,58,76)(H,62,82)(H,63,70)(H,64,71)(H,65,78)(H,66,79)(H,67,77)(H,68,81)(H,69,80)(H,72,73)(H,74,75)/t30-,41-,42-,43-,44-,45-,49-,50-/m0/s1. The Kier molecular flexibility index (Phi) is 21.5. The molecule has 6 rings (SSSR count). The Morgan fingerprint density at radius 1 is 0.500 bits per heavy atom. The third-order valence-corrected chi connectivity index (χ3v) is 14.1. The van der Waals surface area contributed by atoms with Gasteiger partial charge in [-0.2, -0.15) is 0 Å². The molecule has 3 aromatic carbocycles. The summed E-state index contributed by atoms with van der Waals surface area (Å²) in [6.45, 7) is 7.27. The summed E-state index contributed by atoms with van der Waals surface area (Å²) in [4.78, 5) is 156. The molecule has 0 unspecified atom stereocenters. The summed E-state index contributed by atoms with van der Waals surface area (Å²) in [6.07, 6.45) is 2.84.